The molecule has 0 saturated carbocycles. The quantitative estimate of drug-likeness (QED) is 0.550. The van der Waals surface area contributed by atoms with Crippen molar-refractivity contribution in [1.29, 1.82) is 0 Å². The van der Waals surface area contributed by atoms with Crippen LogP contribution in [-0.2, 0) is 0 Å². The Morgan fingerprint density at radius 1 is 1.00 bits per heavy atom. The van der Waals surface area contributed by atoms with Gasteiger partial charge in [0.1, 0.15) is 5.75 Å². The summed E-state index contributed by atoms with van der Waals surface area (Å²) >= 11 is 5.00. The van der Waals surface area contributed by atoms with E-state index in [4.69, 9.17) is 17.0 Å². The fourth-order valence-corrected chi connectivity index (χ4v) is 2.00. The molecule has 3 N–H and O–H groups in total. The molecule has 2 rings (SSSR count). The molecule has 0 unspecified atom stereocenters. The molecule has 0 aliphatic heterocycles. The molecule has 0 aliphatic rings. The maximum Gasteiger partial charge on any atom is 0.269 e. The van der Waals surface area contributed by atoms with Gasteiger partial charge < -0.3 is 4.74 Å². The van der Waals surface area contributed by atoms with Crippen LogP contribution in [0.15, 0.2) is 48.8 Å². The maximum atomic E-state index is 12.1. The number of benzene rings is 1. The predicted octanol–water partition coefficient (Wildman–Crippen LogP) is 2.07. The number of nitrogens with zero attached hydrogens (tertiary/aromatic N) is 1. The number of nitrogens with one attached hydrogen (secondary N) is 3. The molecule has 7 nitrogen and oxygen atoms in total. The van der Waals surface area contributed by atoms with Gasteiger partial charge in [-0.1, -0.05) is 13.8 Å². The van der Waals surface area contributed by atoms with Crippen LogP contribution in [-0.4, -0.2) is 28.5 Å². The molecule has 2 amide bonds. The zero-order valence-corrected chi connectivity index (χ0v) is 15.3. The molecule has 0 aliphatic carbocycles. The smallest absolute Gasteiger partial charge is 0.269 e. The fraction of sp³-hybridized carbons (Fsp3) is 0.222. The standard InChI is InChI=1S/C18H20N4O3S/c1-12(2)11-25-15-5-3-13(4-6-15)16(23)20-18(26)22-21-17(24)14-7-9-19-10-8-14/h3-10,12H,11H2,1-2H3,(H,21,24)(H2,20,22,23,26). The number of thiocarbonyl (C=S) groups is 1. The molecular weight excluding hydrogens is 352 g/mol. The maximum absolute atomic E-state index is 12.1. The number of aromatic nitrogens is 1. The zero-order chi connectivity index (χ0) is 18.9. The third kappa shape index (κ3) is 6.14. The van der Waals surface area contributed by atoms with Crippen molar-refractivity contribution in [2.45, 2.75) is 13.8 Å². The minimum atomic E-state index is -0.393. The van der Waals surface area contributed by atoms with E-state index in [0.29, 0.717) is 29.4 Å². The number of carbonyl (C=O) groups is 2. The van der Waals surface area contributed by atoms with Gasteiger partial charge in [-0.25, -0.2) is 0 Å². The molecule has 1 aromatic carbocycles. The summed E-state index contributed by atoms with van der Waals surface area (Å²) in [6.07, 6.45) is 3.01. The number of hydrogen-bond donors (Lipinski definition) is 3. The third-order valence-corrected chi connectivity index (χ3v) is 3.36. The average molecular weight is 372 g/mol. The van der Waals surface area contributed by atoms with E-state index in [2.05, 4.69) is 35.0 Å². The molecule has 26 heavy (non-hydrogen) atoms. The van der Waals surface area contributed by atoms with Gasteiger partial charge >= 0.3 is 0 Å². The summed E-state index contributed by atoms with van der Waals surface area (Å²) in [6.45, 7) is 4.73. The van der Waals surface area contributed by atoms with E-state index in [1.807, 2.05) is 0 Å². The van der Waals surface area contributed by atoms with Crippen molar-refractivity contribution in [2.24, 2.45) is 5.92 Å². The fourth-order valence-electron chi connectivity index (χ4n) is 1.86. The Kier molecular flexibility index (Phi) is 7.04. The third-order valence-electron chi connectivity index (χ3n) is 3.16. The molecule has 1 aromatic heterocycles. The van der Waals surface area contributed by atoms with Crippen molar-refractivity contribution in [3.8, 4) is 5.75 Å². The normalized spacial score (nSPS) is 10.1. The van der Waals surface area contributed by atoms with Gasteiger partial charge in [-0.15, -0.1) is 0 Å². The van der Waals surface area contributed by atoms with E-state index in [9.17, 15) is 9.59 Å². The first kappa shape index (κ1) is 19.3. The highest BCUT2D eigenvalue weighted by molar-refractivity contribution is 7.80. The van der Waals surface area contributed by atoms with Gasteiger partial charge in [0.15, 0.2) is 5.11 Å². The van der Waals surface area contributed by atoms with Crippen LogP contribution in [0, 0.1) is 5.92 Å². The number of rotatable bonds is 5. The Morgan fingerprint density at radius 3 is 2.23 bits per heavy atom. The number of carbonyl (C=O) groups excluding carboxylic acids is 2. The van der Waals surface area contributed by atoms with Crippen molar-refractivity contribution in [3.63, 3.8) is 0 Å². The lowest BCUT2D eigenvalue weighted by Gasteiger charge is -2.11. The van der Waals surface area contributed by atoms with Gasteiger partial charge in [0.25, 0.3) is 11.8 Å². The molecule has 1 heterocycles. The van der Waals surface area contributed by atoms with Gasteiger partial charge in [-0.3, -0.25) is 30.7 Å². The van der Waals surface area contributed by atoms with Crippen LogP contribution in [0.2, 0.25) is 0 Å². The summed E-state index contributed by atoms with van der Waals surface area (Å²) in [5.41, 5.74) is 5.72. The van der Waals surface area contributed by atoms with Crippen LogP contribution in [0.3, 0.4) is 0 Å². The lowest BCUT2D eigenvalue weighted by molar-refractivity contribution is 0.0934. The topological polar surface area (TPSA) is 92.4 Å². The zero-order valence-electron chi connectivity index (χ0n) is 14.5. The van der Waals surface area contributed by atoms with E-state index in [-0.39, 0.29) is 5.11 Å². The first-order chi connectivity index (χ1) is 12.5. The number of hydrogen-bond acceptors (Lipinski definition) is 5. The second kappa shape index (κ2) is 9.47. The molecular formula is C18H20N4O3S. The second-order valence-electron chi connectivity index (χ2n) is 5.83. The number of ether oxygens (including phenoxy) is 1. The average Bonchev–Trinajstić information content (AvgIpc) is 2.65. The highest BCUT2D eigenvalue weighted by atomic mass is 32.1. The van der Waals surface area contributed by atoms with Crippen LogP contribution in [0.4, 0.5) is 0 Å². The molecule has 0 spiro atoms. The van der Waals surface area contributed by atoms with Crippen molar-refractivity contribution >= 4 is 29.1 Å². The monoisotopic (exact) mass is 372 g/mol. The van der Waals surface area contributed by atoms with Crippen LogP contribution in [0.25, 0.3) is 0 Å². The molecule has 0 saturated heterocycles. The van der Waals surface area contributed by atoms with E-state index in [1.54, 1.807) is 36.4 Å². The first-order valence-corrected chi connectivity index (χ1v) is 8.41. The second-order valence-corrected chi connectivity index (χ2v) is 6.24. The van der Waals surface area contributed by atoms with Gasteiger partial charge in [0.05, 0.1) is 6.61 Å². The van der Waals surface area contributed by atoms with Crippen molar-refractivity contribution < 1.29 is 14.3 Å². The summed E-state index contributed by atoms with van der Waals surface area (Å²) in [4.78, 5) is 27.8. The van der Waals surface area contributed by atoms with Crippen molar-refractivity contribution in [1.82, 2.24) is 21.2 Å². The highest BCUT2D eigenvalue weighted by Crippen LogP contribution is 2.13. The van der Waals surface area contributed by atoms with Crippen LogP contribution in [0.5, 0.6) is 5.75 Å². The number of pyridine rings is 1. The molecule has 136 valence electrons. The SMILES string of the molecule is CC(C)COc1ccc(C(=O)NC(=S)NNC(=O)c2ccncc2)cc1. The minimum absolute atomic E-state index is 0.0162. The number of hydrazine groups is 1. The van der Waals surface area contributed by atoms with Crippen LogP contribution < -0.4 is 20.9 Å². The Labute approximate surface area is 157 Å². The van der Waals surface area contributed by atoms with Gasteiger partial charge in [0, 0.05) is 23.5 Å². The van der Waals surface area contributed by atoms with Crippen LogP contribution in [0.1, 0.15) is 34.6 Å². The largest absolute Gasteiger partial charge is 0.493 e. The summed E-state index contributed by atoms with van der Waals surface area (Å²) in [7, 11) is 0. The minimum Gasteiger partial charge on any atom is -0.493 e. The van der Waals surface area contributed by atoms with Crippen molar-refractivity contribution in [3.05, 3.63) is 59.9 Å². The highest BCUT2D eigenvalue weighted by Gasteiger charge is 2.10. The van der Waals surface area contributed by atoms with Gasteiger partial charge in [0.2, 0.25) is 0 Å². The summed E-state index contributed by atoms with van der Waals surface area (Å²) in [6, 6.07) is 9.84. The molecule has 8 heteroatoms. The van der Waals surface area contributed by atoms with E-state index < -0.39 is 11.8 Å². The van der Waals surface area contributed by atoms with E-state index >= 15 is 0 Å². The van der Waals surface area contributed by atoms with Crippen LogP contribution >= 0.6 is 12.2 Å². The first-order valence-electron chi connectivity index (χ1n) is 8.00. The van der Waals surface area contributed by atoms with E-state index in [1.165, 1.54) is 12.4 Å². The molecule has 0 atom stereocenters. The number of amides is 2. The van der Waals surface area contributed by atoms with Gasteiger partial charge in [-0.2, -0.15) is 0 Å². The lowest BCUT2D eigenvalue weighted by atomic mass is 10.2. The Hall–Kier alpha value is -3.00. The molecule has 0 bridgehead atoms. The molecule has 2 aromatic rings. The molecule has 0 fully saturated rings. The molecule has 0 radical (unpaired) electrons. The predicted molar refractivity (Wildman–Crippen MR) is 102 cm³/mol. The van der Waals surface area contributed by atoms with Gasteiger partial charge in [-0.05, 0) is 54.5 Å². The Balaban J connectivity index is 1.81. The lowest BCUT2D eigenvalue weighted by Crippen LogP contribution is -2.48. The summed E-state index contributed by atoms with van der Waals surface area (Å²) in [5, 5.41) is 2.47. The van der Waals surface area contributed by atoms with Crippen molar-refractivity contribution in [2.75, 3.05) is 6.61 Å². The Bertz CT molecular complexity index is 764. The summed E-state index contributed by atoms with van der Waals surface area (Å²) < 4.78 is 5.57. The van der Waals surface area contributed by atoms with E-state index in [0.717, 1.165) is 0 Å². The summed E-state index contributed by atoms with van der Waals surface area (Å²) in [5.74, 6) is 0.330. The Morgan fingerprint density at radius 2 is 1.62 bits per heavy atom.